The van der Waals surface area contributed by atoms with E-state index in [0.29, 0.717) is 16.2 Å². The average Bonchev–Trinajstić information content (AvgIpc) is 3.03. The third kappa shape index (κ3) is 3.09. The third-order valence-electron chi connectivity index (χ3n) is 4.48. The predicted octanol–water partition coefficient (Wildman–Crippen LogP) is 3.30. The van der Waals surface area contributed by atoms with Gasteiger partial charge in [0.2, 0.25) is 0 Å². The maximum absolute atomic E-state index is 12.3. The molecule has 0 fully saturated rings. The Morgan fingerprint density at radius 1 is 1.28 bits per heavy atom. The first-order valence-electron chi connectivity index (χ1n) is 8.39. The lowest BCUT2D eigenvalue weighted by molar-refractivity contribution is 0.0473. The zero-order chi connectivity index (χ0) is 17.4. The summed E-state index contributed by atoms with van der Waals surface area (Å²) in [5.41, 5.74) is 2.96. The molecule has 0 bridgehead atoms. The summed E-state index contributed by atoms with van der Waals surface area (Å²) < 4.78 is 6.93. The minimum absolute atomic E-state index is 0.00107. The molecule has 0 unspecified atom stereocenters. The average molecular weight is 354 g/mol. The van der Waals surface area contributed by atoms with Gasteiger partial charge in [0.15, 0.2) is 0 Å². The second kappa shape index (κ2) is 6.44. The standard InChI is InChI=1S/C19H18N2O3S/c1-12-5-4-8-17-20-14(10-18(22)21(12)17)11-24-19(23)16-9-13-6-2-3-7-15(13)25-16/h4-5,8-10H,2-3,6-7,11H2,1H3. The number of carbonyl (C=O) groups is 1. The molecule has 0 saturated heterocycles. The van der Waals surface area contributed by atoms with E-state index in [0.717, 1.165) is 18.5 Å². The molecule has 0 N–H and O–H groups in total. The van der Waals surface area contributed by atoms with Crippen LogP contribution in [-0.4, -0.2) is 15.4 Å². The van der Waals surface area contributed by atoms with Crippen LogP contribution in [0, 0.1) is 6.92 Å². The number of aromatic nitrogens is 2. The van der Waals surface area contributed by atoms with Gasteiger partial charge in [0.25, 0.3) is 5.56 Å². The van der Waals surface area contributed by atoms with Gasteiger partial charge in [0.1, 0.15) is 17.1 Å². The molecule has 128 valence electrons. The molecule has 5 nitrogen and oxygen atoms in total. The fraction of sp³-hybridized carbons (Fsp3) is 0.316. The first-order valence-corrected chi connectivity index (χ1v) is 9.20. The van der Waals surface area contributed by atoms with E-state index in [1.807, 2.05) is 25.1 Å². The largest absolute Gasteiger partial charge is 0.455 e. The van der Waals surface area contributed by atoms with Crippen LogP contribution in [0.25, 0.3) is 5.65 Å². The molecule has 0 aliphatic heterocycles. The smallest absolute Gasteiger partial charge is 0.348 e. The minimum atomic E-state index is -0.342. The van der Waals surface area contributed by atoms with Crippen LogP contribution in [0.2, 0.25) is 0 Å². The Labute approximate surface area is 148 Å². The van der Waals surface area contributed by atoms with Crippen LogP contribution in [0.1, 0.15) is 44.3 Å². The quantitative estimate of drug-likeness (QED) is 0.677. The Balaban J connectivity index is 1.53. The van der Waals surface area contributed by atoms with Crippen molar-refractivity contribution in [2.45, 2.75) is 39.2 Å². The second-order valence-corrected chi connectivity index (χ2v) is 7.43. The molecule has 1 aliphatic carbocycles. The number of carbonyl (C=O) groups excluding carboxylic acids is 1. The molecule has 1 aliphatic rings. The van der Waals surface area contributed by atoms with Crippen molar-refractivity contribution in [1.29, 1.82) is 0 Å². The highest BCUT2D eigenvalue weighted by Gasteiger charge is 2.18. The topological polar surface area (TPSA) is 60.7 Å². The van der Waals surface area contributed by atoms with E-state index in [4.69, 9.17) is 4.74 Å². The lowest BCUT2D eigenvalue weighted by Gasteiger charge is -2.08. The number of nitrogens with zero attached hydrogens (tertiary/aromatic N) is 2. The monoisotopic (exact) mass is 354 g/mol. The molecule has 0 amide bonds. The van der Waals surface area contributed by atoms with Crippen molar-refractivity contribution in [3.05, 3.63) is 67.4 Å². The van der Waals surface area contributed by atoms with Crippen molar-refractivity contribution in [2.75, 3.05) is 0 Å². The summed E-state index contributed by atoms with van der Waals surface area (Å²) in [5, 5.41) is 0. The zero-order valence-electron chi connectivity index (χ0n) is 13.9. The number of pyridine rings is 1. The number of rotatable bonds is 3. The molecular weight excluding hydrogens is 336 g/mol. The van der Waals surface area contributed by atoms with E-state index in [2.05, 4.69) is 4.98 Å². The van der Waals surface area contributed by atoms with Gasteiger partial charge in [-0.2, -0.15) is 0 Å². The molecular formula is C19H18N2O3S. The third-order valence-corrected chi connectivity index (χ3v) is 5.70. The number of aryl methyl sites for hydroxylation is 3. The van der Waals surface area contributed by atoms with E-state index in [9.17, 15) is 9.59 Å². The molecule has 0 atom stereocenters. The first-order chi connectivity index (χ1) is 12.1. The van der Waals surface area contributed by atoms with Crippen LogP contribution in [0.4, 0.5) is 0 Å². The summed E-state index contributed by atoms with van der Waals surface area (Å²) in [6.45, 7) is 1.86. The van der Waals surface area contributed by atoms with Gasteiger partial charge >= 0.3 is 5.97 Å². The number of hydrogen-bond donors (Lipinski definition) is 0. The van der Waals surface area contributed by atoms with Crippen LogP contribution in [0.15, 0.2) is 35.1 Å². The molecule has 0 radical (unpaired) electrons. The van der Waals surface area contributed by atoms with Crippen molar-refractivity contribution in [3.63, 3.8) is 0 Å². The van der Waals surface area contributed by atoms with E-state index in [1.165, 1.54) is 40.7 Å². The number of esters is 1. The molecule has 0 spiro atoms. The van der Waals surface area contributed by atoms with Gasteiger partial charge in [-0.25, -0.2) is 9.78 Å². The SMILES string of the molecule is Cc1cccc2nc(COC(=O)c3cc4c(s3)CCCC4)cc(=O)n12. The number of hydrogen-bond acceptors (Lipinski definition) is 5. The number of thiophene rings is 1. The molecule has 4 rings (SSSR count). The van der Waals surface area contributed by atoms with E-state index in [1.54, 1.807) is 10.5 Å². The highest BCUT2D eigenvalue weighted by molar-refractivity contribution is 7.14. The van der Waals surface area contributed by atoms with Gasteiger partial charge in [0, 0.05) is 16.6 Å². The maximum Gasteiger partial charge on any atom is 0.348 e. The summed E-state index contributed by atoms with van der Waals surface area (Å²) in [6.07, 6.45) is 4.46. The maximum atomic E-state index is 12.3. The Morgan fingerprint density at radius 2 is 2.12 bits per heavy atom. The molecule has 6 heteroatoms. The van der Waals surface area contributed by atoms with Crippen molar-refractivity contribution in [1.82, 2.24) is 9.38 Å². The molecule has 3 aromatic rings. The van der Waals surface area contributed by atoms with Crippen molar-refractivity contribution in [2.24, 2.45) is 0 Å². The Hall–Kier alpha value is -2.47. The van der Waals surface area contributed by atoms with Gasteiger partial charge in [-0.05, 0) is 56.4 Å². The van der Waals surface area contributed by atoms with Gasteiger partial charge in [-0.3, -0.25) is 9.20 Å². The van der Waals surface area contributed by atoms with E-state index in [-0.39, 0.29) is 18.1 Å². The molecule has 3 aromatic heterocycles. The first kappa shape index (κ1) is 16.0. The van der Waals surface area contributed by atoms with Crippen molar-refractivity contribution < 1.29 is 9.53 Å². The van der Waals surface area contributed by atoms with Crippen LogP contribution >= 0.6 is 11.3 Å². The summed E-state index contributed by atoms with van der Waals surface area (Å²) in [4.78, 5) is 30.9. The second-order valence-electron chi connectivity index (χ2n) is 6.29. The van der Waals surface area contributed by atoms with Crippen LogP contribution in [0.3, 0.4) is 0 Å². The van der Waals surface area contributed by atoms with E-state index >= 15 is 0 Å². The highest BCUT2D eigenvalue weighted by atomic mass is 32.1. The van der Waals surface area contributed by atoms with E-state index < -0.39 is 0 Å². The number of fused-ring (bicyclic) bond motifs is 2. The summed E-state index contributed by atoms with van der Waals surface area (Å²) >= 11 is 1.53. The lowest BCUT2D eigenvalue weighted by Crippen LogP contribution is -2.18. The summed E-state index contributed by atoms with van der Waals surface area (Å²) in [7, 11) is 0. The molecule has 25 heavy (non-hydrogen) atoms. The van der Waals surface area contributed by atoms with Gasteiger partial charge in [-0.15, -0.1) is 11.3 Å². The Kier molecular flexibility index (Phi) is 4.13. The lowest BCUT2D eigenvalue weighted by atomic mass is 9.99. The normalized spacial score (nSPS) is 13.6. The Bertz CT molecular complexity index is 996. The summed E-state index contributed by atoms with van der Waals surface area (Å²) in [5.74, 6) is -0.342. The molecule has 3 heterocycles. The zero-order valence-corrected chi connectivity index (χ0v) is 14.8. The predicted molar refractivity (Wildman–Crippen MR) is 96.3 cm³/mol. The van der Waals surface area contributed by atoms with Crippen LogP contribution in [-0.2, 0) is 24.2 Å². The van der Waals surface area contributed by atoms with Crippen LogP contribution < -0.4 is 5.56 Å². The van der Waals surface area contributed by atoms with Gasteiger partial charge in [0.05, 0.1) is 5.69 Å². The van der Waals surface area contributed by atoms with Gasteiger partial charge < -0.3 is 4.74 Å². The fourth-order valence-corrected chi connectivity index (χ4v) is 4.39. The molecule has 0 saturated carbocycles. The Morgan fingerprint density at radius 3 is 2.96 bits per heavy atom. The van der Waals surface area contributed by atoms with Crippen LogP contribution in [0.5, 0.6) is 0 Å². The van der Waals surface area contributed by atoms with Gasteiger partial charge in [-0.1, -0.05) is 6.07 Å². The minimum Gasteiger partial charge on any atom is -0.455 e. The van der Waals surface area contributed by atoms with Crippen molar-refractivity contribution >= 4 is 23.0 Å². The molecule has 0 aromatic carbocycles. The number of ether oxygens (including phenoxy) is 1. The fourth-order valence-electron chi connectivity index (χ4n) is 3.24. The highest BCUT2D eigenvalue weighted by Crippen LogP contribution is 2.30. The van der Waals surface area contributed by atoms with Crippen molar-refractivity contribution in [3.8, 4) is 0 Å². The summed E-state index contributed by atoms with van der Waals surface area (Å²) in [6, 6.07) is 8.85.